The van der Waals surface area contributed by atoms with E-state index < -0.39 is 52.0 Å². The van der Waals surface area contributed by atoms with Gasteiger partial charge in [0.15, 0.2) is 0 Å². The second-order valence-electron chi connectivity index (χ2n) is 11.9. The molecular formula is C33H35FN6O6S. The molecule has 4 heterocycles. The number of carbonyl (C=O) groups is 2. The summed E-state index contributed by atoms with van der Waals surface area (Å²) in [6.45, 7) is 3.34. The minimum Gasteiger partial charge on any atom is -0.478 e. The largest absolute Gasteiger partial charge is 0.478 e. The first-order valence-electron chi connectivity index (χ1n) is 15.5. The van der Waals surface area contributed by atoms with Crippen LogP contribution in [0.25, 0.3) is 0 Å². The molecule has 4 unspecified atom stereocenters. The van der Waals surface area contributed by atoms with E-state index >= 15 is 0 Å². The van der Waals surface area contributed by atoms with Crippen molar-refractivity contribution in [1.82, 2.24) is 19.7 Å². The van der Waals surface area contributed by atoms with Gasteiger partial charge in [0.05, 0.1) is 37.2 Å². The summed E-state index contributed by atoms with van der Waals surface area (Å²) in [5.41, 5.74) is 1.19. The van der Waals surface area contributed by atoms with E-state index in [9.17, 15) is 27.7 Å². The Hall–Kier alpha value is -4.58. The van der Waals surface area contributed by atoms with Crippen molar-refractivity contribution in [2.24, 2.45) is 0 Å². The van der Waals surface area contributed by atoms with Crippen molar-refractivity contribution in [3.8, 4) is 11.9 Å². The molecule has 1 aromatic heterocycles. The van der Waals surface area contributed by atoms with Crippen LogP contribution in [0.2, 0.25) is 0 Å². The zero-order valence-corrected chi connectivity index (χ0v) is 26.8. The second kappa shape index (κ2) is 13.3. The molecule has 3 aliphatic rings. The molecule has 2 amide bonds. The predicted octanol–water partition coefficient (Wildman–Crippen LogP) is 3.89. The topological polar surface area (TPSA) is 145 Å². The smallest absolute Gasteiger partial charge is 0.426 e. The number of rotatable bonds is 7. The van der Waals surface area contributed by atoms with Crippen LogP contribution in [0, 0.1) is 17.1 Å². The standard InChI is InChI=1S/C33H35FN6O6S/c1-3-45-32-26(10-7-15-36-32)29-30(28-25-12-11-21(34)18-27(25)37-31(28)41)39(33(42)46-47(43,44)24-8-5-4-6-9-24)20-23(19-35)40(29)22-13-16-38(2)17-14-22/h4-12,15,18,22-23,28-30H,3,13-14,16-17,20H2,1-2H3,(H,37,41). The molecule has 3 aromatic rings. The number of aromatic nitrogens is 1. The van der Waals surface area contributed by atoms with Crippen LogP contribution < -0.4 is 10.1 Å². The Labute approximate surface area is 272 Å². The van der Waals surface area contributed by atoms with Crippen LogP contribution in [0.1, 0.15) is 42.9 Å². The van der Waals surface area contributed by atoms with Crippen molar-refractivity contribution in [2.45, 2.75) is 54.7 Å². The molecule has 0 bridgehead atoms. The van der Waals surface area contributed by atoms with Gasteiger partial charge in [0.25, 0.3) is 0 Å². The van der Waals surface area contributed by atoms with Crippen LogP contribution in [-0.4, -0.2) is 91.5 Å². The molecule has 0 spiro atoms. The van der Waals surface area contributed by atoms with Crippen LogP contribution in [0.3, 0.4) is 0 Å². The predicted molar refractivity (Wildman–Crippen MR) is 168 cm³/mol. The van der Waals surface area contributed by atoms with Crippen molar-refractivity contribution < 1.29 is 31.3 Å². The number of nitrogens with zero attached hydrogens (tertiary/aromatic N) is 5. The average Bonchev–Trinajstić information content (AvgIpc) is 3.39. The molecule has 4 atom stereocenters. The first-order valence-corrected chi connectivity index (χ1v) is 16.9. The molecule has 2 aromatic carbocycles. The molecule has 2 fully saturated rings. The number of pyridine rings is 1. The molecule has 6 rings (SSSR count). The monoisotopic (exact) mass is 662 g/mol. The molecule has 3 aliphatic heterocycles. The van der Waals surface area contributed by atoms with E-state index in [4.69, 9.17) is 8.92 Å². The van der Waals surface area contributed by atoms with Crippen LogP contribution >= 0.6 is 0 Å². The maximum atomic E-state index is 14.3. The first-order chi connectivity index (χ1) is 22.6. The molecule has 246 valence electrons. The molecule has 0 saturated carbocycles. The number of anilines is 1. The van der Waals surface area contributed by atoms with Crippen molar-refractivity contribution in [3.63, 3.8) is 0 Å². The number of amides is 2. The maximum absolute atomic E-state index is 14.3. The fourth-order valence-electron chi connectivity index (χ4n) is 6.99. The number of benzene rings is 2. The zero-order valence-electron chi connectivity index (χ0n) is 26.0. The lowest BCUT2D eigenvalue weighted by Crippen LogP contribution is -2.66. The summed E-state index contributed by atoms with van der Waals surface area (Å²) in [5.74, 6) is -1.90. The summed E-state index contributed by atoms with van der Waals surface area (Å²) in [4.78, 5) is 37.7. The van der Waals surface area contributed by atoms with Crippen molar-refractivity contribution in [2.75, 3.05) is 38.6 Å². The average molecular weight is 663 g/mol. The summed E-state index contributed by atoms with van der Waals surface area (Å²) in [6.07, 6.45) is 1.73. The minimum absolute atomic E-state index is 0.138. The highest BCUT2D eigenvalue weighted by molar-refractivity contribution is 7.87. The van der Waals surface area contributed by atoms with Crippen LogP contribution in [0.5, 0.6) is 5.88 Å². The van der Waals surface area contributed by atoms with Gasteiger partial charge in [-0.05, 0) is 75.8 Å². The van der Waals surface area contributed by atoms with E-state index in [0.717, 1.165) is 18.0 Å². The number of likely N-dealkylation sites (tertiary alicyclic amines) is 1. The van der Waals surface area contributed by atoms with Gasteiger partial charge in [0.2, 0.25) is 11.8 Å². The lowest BCUT2D eigenvalue weighted by molar-refractivity contribution is -0.121. The molecule has 12 nitrogen and oxygen atoms in total. The summed E-state index contributed by atoms with van der Waals surface area (Å²) >= 11 is 0. The minimum atomic E-state index is -4.58. The molecular weight excluding hydrogens is 627 g/mol. The second-order valence-corrected chi connectivity index (χ2v) is 13.4. The van der Waals surface area contributed by atoms with E-state index in [2.05, 4.69) is 21.3 Å². The van der Waals surface area contributed by atoms with Crippen molar-refractivity contribution in [1.29, 1.82) is 5.26 Å². The number of nitriles is 1. The highest BCUT2D eigenvalue weighted by Crippen LogP contribution is 2.49. The van der Waals surface area contributed by atoms with E-state index in [1.54, 1.807) is 31.3 Å². The number of hydrogen-bond donors (Lipinski definition) is 1. The van der Waals surface area contributed by atoms with Gasteiger partial charge in [-0.15, -0.1) is 0 Å². The number of fused-ring (bicyclic) bond motifs is 1. The third kappa shape index (κ3) is 6.26. The van der Waals surface area contributed by atoms with Crippen molar-refractivity contribution >= 4 is 27.8 Å². The third-order valence-electron chi connectivity index (χ3n) is 9.07. The summed E-state index contributed by atoms with van der Waals surface area (Å²) < 4.78 is 52.1. The van der Waals surface area contributed by atoms with Gasteiger partial charge in [0.1, 0.15) is 16.8 Å². The Balaban J connectivity index is 1.54. The van der Waals surface area contributed by atoms with E-state index in [-0.39, 0.29) is 35.7 Å². The lowest BCUT2D eigenvalue weighted by atomic mass is 9.79. The summed E-state index contributed by atoms with van der Waals surface area (Å²) in [5, 5.41) is 13.4. The van der Waals surface area contributed by atoms with Crippen molar-refractivity contribution in [3.05, 3.63) is 83.8 Å². The molecule has 47 heavy (non-hydrogen) atoms. The number of piperidine rings is 1. The fraction of sp³-hybridized carbons (Fsp3) is 0.394. The Morgan fingerprint density at radius 2 is 1.85 bits per heavy atom. The third-order valence-corrected chi connectivity index (χ3v) is 10.3. The van der Waals surface area contributed by atoms with E-state index in [0.29, 0.717) is 24.0 Å². The van der Waals surface area contributed by atoms with E-state index in [1.807, 2.05) is 11.9 Å². The van der Waals surface area contributed by atoms with Gasteiger partial charge >= 0.3 is 16.2 Å². The van der Waals surface area contributed by atoms with Gasteiger partial charge in [-0.25, -0.2) is 14.2 Å². The fourth-order valence-corrected chi connectivity index (χ4v) is 7.86. The molecule has 2 saturated heterocycles. The number of carbonyl (C=O) groups excluding carboxylic acids is 2. The van der Waals surface area contributed by atoms with Gasteiger partial charge in [-0.1, -0.05) is 30.3 Å². The number of hydrogen-bond acceptors (Lipinski definition) is 10. The number of ether oxygens (including phenoxy) is 1. The number of piperazine rings is 1. The molecule has 1 N–H and O–H groups in total. The summed E-state index contributed by atoms with van der Waals surface area (Å²) in [7, 11) is -2.56. The normalized spacial score (nSPS) is 23.9. The Morgan fingerprint density at radius 1 is 1.11 bits per heavy atom. The Morgan fingerprint density at radius 3 is 2.55 bits per heavy atom. The first kappa shape index (κ1) is 32.4. The van der Waals surface area contributed by atoms with Crippen LogP contribution in [-0.2, 0) is 19.1 Å². The molecule has 0 aliphatic carbocycles. The van der Waals surface area contributed by atoms with E-state index in [1.165, 1.54) is 42.5 Å². The van der Waals surface area contributed by atoms with Gasteiger partial charge < -0.3 is 19.1 Å². The molecule has 14 heteroatoms. The Kier molecular flexibility index (Phi) is 9.14. The highest BCUT2D eigenvalue weighted by Gasteiger charge is 2.55. The van der Waals surface area contributed by atoms with Gasteiger partial charge in [0, 0.05) is 23.5 Å². The maximum Gasteiger partial charge on any atom is 0.426 e. The number of nitrogens with one attached hydrogen (secondary N) is 1. The number of halogens is 1. The summed E-state index contributed by atoms with van der Waals surface area (Å²) in [6, 6.07) is 13.9. The quantitative estimate of drug-likeness (QED) is 0.370. The SMILES string of the molecule is CCOc1ncccc1C1C(C2C(=O)Nc3cc(F)ccc32)N(C(=O)OS(=O)(=O)c2ccccc2)CC(C#N)N1C1CCN(C)CC1. The lowest BCUT2D eigenvalue weighted by Gasteiger charge is -2.54. The van der Waals surface area contributed by atoms with Gasteiger partial charge in [-0.3, -0.25) is 14.6 Å². The Bertz CT molecular complexity index is 1800. The van der Waals surface area contributed by atoms with Crippen LogP contribution in [0.15, 0.2) is 71.8 Å². The zero-order chi connectivity index (χ0) is 33.3. The molecule has 0 radical (unpaired) electrons. The van der Waals surface area contributed by atoms with Crippen LogP contribution in [0.4, 0.5) is 14.9 Å². The highest BCUT2D eigenvalue weighted by atomic mass is 32.2. The van der Waals surface area contributed by atoms with Gasteiger partial charge in [-0.2, -0.15) is 13.7 Å².